The van der Waals surface area contributed by atoms with Gasteiger partial charge in [-0.05, 0) is 49.2 Å². The fourth-order valence-corrected chi connectivity index (χ4v) is 5.85. The summed E-state index contributed by atoms with van der Waals surface area (Å²) in [5.74, 6) is -1.36. The first kappa shape index (κ1) is 31.2. The van der Waals surface area contributed by atoms with Crippen molar-refractivity contribution in [3.05, 3.63) is 81.2 Å². The van der Waals surface area contributed by atoms with Gasteiger partial charge < -0.3 is 44.2 Å². The first-order valence-electron chi connectivity index (χ1n) is 14.5. The minimum absolute atomic E-state index is 0.0242. The van der Waals surface area contributed by atoms with Crippen LogP contribution in [-0.4, -0.2) is 90.3 Å². The average molecular weight is 609 g/mol. The molecule has 5 rings (SSSR count). The molecule has 2 aliphatic rings. The predicted octanol–water partition coefficient (Wildman–Crippen LogP) is 1.49. The smallest absolute Gasteiger partial charge is 0.349 e. The minimum Gasteiger partial charge on any atom is -0.493 e. The molecule has 0 bridgehead atoms. The molecule has 0 saturated heterocycles. The third kappa shape index (κ3) is 5.93. The molecule has 1 aliphatic heterocycles. The molecule has 44 heavy (non-hydrogen) atoms. The largest absolute Gasteiger partial charge is 0.493 e. The zero-order chi connectivity index (χ0) is 31.4. The molecule has 0 spiro atoms. The van der Waals surface area contributed by atoms with Gasteiger partial charge in [0.05, 0.1) is 32.3 Å². The Kier molecular flexibility index (Phi) is 9.64. The number of benzene rings is 2. The maximum absolute atomic E-state index is 14.1. The van der Waals surface area contributed by atoms with Crippen LogP contribution in [-0.2, 0) is 16.1 Å². The molecule has 2 amide bonds. The molecule has 12 nitrogen and oxygen atoms in total. The fraction of sp³-hybridized carbons (Fsp3) is 0.406. The van der Waals surface area contributed by atoms with Crippen molar-refractivity contribution in [3.63, 3.8) is 0 Å². The third-order valence-electron chi connectivity index (χ3n) is 7.88. The Hall–Kier alpha value is -4.23. The topological polar surface area (TPSA) is 168 Å². The van der Waals surface area contributed by atoms with Gasteiger partial charge in [0.2, 0.25) is 5.91 Å². The molecule has 1 aliphatic carbocycles. The van der Waals surface area contributed by atoms with Crippen LogP contribution in [0.4, 0.5) is 0 Å². The number of aliphatic hydroxyl groups excluding tert-OH is 3. The highest BCUT2D eigenvalue weighted by atomic mass is 16.5. The summed E-state index contributed by atoms with van der Waals surface area (Å²) in [6, 6.07) is 10.5. The van der Waals surface area contributed by atoms with E-state index in [1.165, 1.54) is 24.2 Å². The summed E-state index contributed by atoms with van der Waals surface area (Å²) in [4.78, 5) is 42.0. The molecule has 3 aromatic rings. The van der Waals surface area contributed by atoms with Crippen molar-refractivity contribution >= 4 is 22.8 Å². The van der Waals surface area contributed by atoms with Gasteiger partial charge >= 0.3 is 5.63 Å². The number of aliphatic hydroxyl groups is 3. The third-order valence-corrected chi connectivity index (χ3v) is 7.88. The van der Waals surface area contributed by atoms with Crippen LogP contribution in [0, 0.1) is 0 Å². The number of amides is 2. The van der Waals surface area contributed by atoms with Crippen LogP contribution in [0.1, 0.15) is 40.7 Å². The molecule has 12 heteroatoms. The van der Waals surface area contributed by atoms with E-state index >= 15 is 0 Å². The van der Waals surface area contributed by atoms with Crippen molar-refractivity contribution in [3.8, 4) is 11.5 Å². The van der Waals surface area contributed by atoms with Gasteiger partial charge in [-0.3, -0.25) is 9.59 Å². The number of nitrogens with one attached hydrogen (secondary N) is 1. The van der Waals surface area contributed by atoms with E-state index in [1.54, 1.807) is 36.4 Å². The van der Waals surface area contributed by atoms with Gasteiger partial charge in [-0.15, -0.1) is 0 Å². The van der Waals surface area contributed by atoms with Gasteiger partial charge in [-0.1, -0.05) is 18.2 Å². The van der Waals surface area contributed by atoms with E-state index in [9.17, 15) is 29.7 Å². The molecular formula is C32H36N2O10. The zero-order valence-corrected chi connectivity index (χ0v) is 24.5. The summed E-state index contributed by atoms with van der Waals surface area (Å²) in [5.41, 5.74) is 0.524. The first-order chi connectivity index (χ1) is 21.3. The van der Waals surface area contributed by atoms with Gasteiger partial charge in [0.15, 0.2) is 11.5 Å². The van der Waals surface area contributed by atoms with Crippen LogP contribution in [0.2, 0.25) is 0 Å². The number of ether oxygens (including phenoxy) is 3. The van der Waals surface area contributed by atoms with Crippen molar-refractivity contribution < 1.29 is 43.5 Å². The van der Waals surface area contributed by atoms with Gasteiger partial charge in [0, 0.05) is 42.8 Å². The number of carbonyl (C=O) groups excluding carboxylic acids is 2. The lowest BCUT2D eigenvalue weighted by atomic mass is 9.77. The van der Waals surface area contributed by atoms with E-state index in [0.29, 0.717) is 53.2 Å². The van der Waals surface area contributed by atoms with Crippen LogP contribution >= 0.6 is 0 Å². The summed E-state index contributed by atoms with van der Waals surface area (Å²) in [7, 11) is 1.44. The summed E-state index contributed by atoms with van der Waals surface area (Å²) >= 11 is 0. The summed E-state index contributed by atoms with van der Waals surface area (Å²) < 4.78 is 22.7. The van der Waals surface area contributed by atoms with E-state index in [2.05, 4.69) is 5.32 Å². The fourth-order valence-electron chi connectivity index (χ4n) is 5.85. The van der Waals surface area contributed by atoms with Crippen LogP contribution in [0.3, 0.4) is 0 Å². The summed E-state index contributed by atoms with van der Waals surface area (Å²) in [6.45, 7) is 2.10. The second-order valence-electron chi connectivity index (χ2n) is 10.6. The molecule has 1 aromatic heterocycles. The number of fused-ring (bicyclic) bond motifs is 4. The summed E-state index contributed by atoms with van der Waals surface area (Å²) in [5, 5.41) is 34.3. The molecule has 0 saturated carbocycles. The number of rotatable bonds is 12. The number of nitrogens with zero attached hydrogens (tertiary/aromatic N) is 1. The van der Waals surface area contributed by atoms with Crippen molar-refractivity contribution in [1.82, 2.24) is 10.2 Å². The second-order valence-corrected chi connectivity index (χ2v) is 10.6. The quantitative estimate of drug-likeness (QED) is 0.175. The molecular weight excluding hydrogens is 572 g/mol. The van der Waals surface area contributed by atoms with E-state index in [1.807, 2.05) is 6.92 Å². The molecule has 4 N–H and O–H groups in total. The second kappa shape index (κ2) is 13.6. The monoisotopic (exact) mass is 608 g/mol. The first-order valence-corrected chi connectivity index (χ1v) is 14.5. The maximum atomic E-state index is 14.1. The Morgan fingerprint density at radius 2 is 1.93 bits per heavy atom. The van der Waals surface area contributed by atoms with Crippen LogP contribution in [0.5, 0.6) is 11.5 Å². The predicted molar refractivity (Wildman–Crippen MR) is 159 cm³/mol. The number of para-hydroxylation sites is 1. The Balaban J connectivity index is 1.61. The van der Waals surface area contributed by atoms with Gasteiger partial charge in [0.1, 0.15) is 23.4 Å². The van der Waals surface area contributed by atoms with Crippen LogP contribution in [0.15, 0.2) is 63.3 Å². The van der Waals surface area contributed by atoms with E-state index in [4.69, 9.17) is 18.6 Å². The number of carbonyl (C=O) groups is 2. The lowest BCUT2D eigenvalue weighted by Gasteiger charge is -2.40. The van der Waals surface area contributed by atoms with Crippen molar-refractivity contribution in [1.29, 1.82) is 0 Å². The van der Waals surface area contributed by atoms with Crippen molar-refractivity contribution in [2.24, 2.45) is 0 Å². The number of hydrogen-bond donors (Lipinski definition) is 4. The lowest BCUT2D eigenvalue weighted by Crippen LogP contribution is -2.56. The number of hydrogen-bond acceptors (Lipinski definition) is 10. The molecule has 2 aromatic carbocycles. The highest BCUT2D eigenvalue weighted by Crippen LogP contribution is 2.51. The normalized spacial score (nSPS) is 20.3. The maximum Gasteiger partial charge on any atom is 0.349 e. The van der Waals surface area contributed by atoms with Gasteiger partial charge in [0.25, 0.3) is 5.91 Å². The Morgan fingerprint density at radius 3 is 2.66 bits per heavy atom. The average Bonchev–Trinajstić information content (AvgIpc) is 3.43. The lowest BCUT2D eigenvalue weighted by molar-refractivity contribution is -0.118. The standard InChI is InChI=1S/C32H36N2O10/c1-3-42-12-6-10-34(31(39)22-15-19-7-4-5-8-24(19)43-32(22)40)23-16-21(30(38)33-9-11-35)26-20-13-18(17-36)14-25(41-2)28(20)44-29(26)27(23)37/h4-5,7-8,13-16,23,26-27,29,35-37H,3,6,9-12,17H2,1-2H3,(H,33,38)/t23-,26+,27+,29+/m1/s1. The SMILES string of the molecule is CCOCCCN(C(=O)c1cc2ccccc2oc1=O)[C@@H]1C=C(C(=O)NCCO)[C@@H]2c3cc(CO)cc(OC)c3O[C@@H]2[C@H]1O. The van der Waals surface area contributed by atoms with Crippen LogP contribution in [0.25, 0.3) is 11.0 Å². The molecule has 0 unspecified atom stereocenters. The Bertz CT molecular complexity index is 1620. The summed E-state index contributed by atoms with van der Waals surface area (Å²) in [6.07, 6.45) is -0.471. The molecule has 234 valence electrons. The zero-order valence-electron chi connectivity index (χ0n) is 24.5. The van der Waals surface area contributed by atoms with Crippen molar-refractivity contribution in [2.75, 3.05) is 40.0 Å². The van der Waals surface area contributed by atoms with E-state index < -0.39 is 41.6 Å². The van der Waals surface area contributed by atoms with E-state index in [-0.39, 0.29) is 37.4 Å². The molecule has 4 atom stereocenters. The molecule has 0 radical (unpaired) electrons. The Morgan fingerprint density at radius 1 is 1.14 bits per heavy atom. The minimum atomic E-state index is -1.34. The van der Waals surface area contributed by atoms with Gasteiger partial charge in [-0.25, -0.2) is 4.79 Å². The van der Waals surface area contributed by atoms with E-state index in [0.717, 1.165) is 0 Å². The molecule has 2 heterocycles. The Labute approximate surface area is 253 Å². The van der Waals surface area contributed by atoms with Crippen LogP contribution < -0.4 is 20.4 Å². The highest BCUT2D eigenvalue weighted by Gasteiger charge is 2.51. The van der Waals surface area contributed by atoms with Crippen molar-refractivity contribution in [2.45, 2.75) is 44.1 Å². The number of methoxy groups -OCH3 is 1. The van der Waals surface area contributed by atoms with Gasteiger partial charge in [-0.2, -0.15) is 0 Å². The highest BCUT2D eigenvalue weighted by molar-refractivity contribution is 5.98. The molecule has 0 fully saturated rings.